The Hall–Kier alpha value is -2.82. The number of hydrogen-bond acceptors (Lipinski definition) is 2. The summed E-state index contributed by atoms with van der Waals surface area (Å²) in [6.07, 6.45) is 3.12. The first-order chi connectivity index (χ1) is 13.7. The number of rotatable bonds is 1. The Balaban J connectivity index is 1.61. The summed E-state index contributed by atoms with van der Waals surface area (Å²) in [5, 5.41) is 11.1. The van der Waals surface area contributed by atoms with Crippen LogP contribution in [0.3, 0.4) is 0 Å². The van der Waals surface area contributed by atoms with Gasteiger partial charge in [-0.3, -0.25) is 4.79 Å². The molecule has 4 nitrogen and oxygen atoms in total. The van der Waals surface area contributed by atoms with E-state index in [9.17, 15) is 14.3 Å². The number of carbonyl (C=O) groups excluding carboxylic acids is 1. The molecule has 0 radical (unpaired) electrons. The van der Waals surface area contributed by atoms with Crippen molar-refractivity contribution >= 4 is 16.8 Å². The van der Waals surface area contributed by atoms with Gasteiger partial charge in [-0.2, -0.15) is 0 Å². The van der Waals surface area contributed by atoms with Gasteiger partial charge in [0.25, 0.3) is 5.91 Å². The zero-order valence-corrected chi connectivity index (χ0v) is 16.9. The average molecular weight is 392 g/mol. The minimum atomic E-state index is -0.353. The molecule has 2 atom stereocenters. The fourth-order valence-electron chi connectivity index (χ4n) is 5.59. The second-order valence-electron chi connectivity index (χ2n) is 9.22. The molecule has 1 unspecified atom stereocenters. The summed E-state index contributed by atoms with van der Waals surface area (Å²) < 4.78 is 13.8. The van der Waals surface area contributed by atoms with Crippen LogP contribution in [0.5, 0.6) is 5.75 Å². The number of nitrogens with zero attached hydrogens (tertiary/aromatic N) is 1. The summed E-state index contributed by atoms with van der Waals surface area (Å²) in [4.78, 5) is 18.6. The van der Waals surface area contributed by atoms with E-state index in [0.717, 1.165) is 17.5 Å². The summed E-state index contributed by atoms with van der Waals surface area (Å²) >= 11 is 0. The van der Waals surface area contributed by atoms with Gasteiger partial charge < -0.3 is 15.0 Å². The first-order valence-corrected chi connectivity index (χ1v) is 10.1. The highest BCUT2D eigenvalue weighted by molar-refractivity contribution is 6.07. The smallest absolute Gasteiger partial charge is 0.256 e. The van der Waals surface area contributed by atoms with Crippen molar-refractivity contribution in [1.82, 2.24) is 9.88 Å². The van der Waals surface area contributed by atoms with Crippen molar-refractivity contribution in [3.05, 3.63) is 65.1 Å². The highest BCUT2D eigenvalue weighted by Crippen LogP contribution is 2.57. The number of likely N-dealkylation sites (tertiary alicyclic amines) is 1. The van der Waals surface area contributed by atoms with Gasteiger partial charge >= 0.3 is 0 Å². The van der Waals surface area contributed by atoms with Gasteiger partial charge in [0, 0.05) is 35.1 Å². The summed E-state index contributed by atoms with van der Waals surface area (Å²) in [5.41, 5.74) is 3.10. The number of phenols is 1. The molecule has 2 aliphatic rings. The Labute approximate surface area is 169 Å². The molecule has 2 heterocycles. The lowest BCUT2D eigenvalue weighted by Crippen LogP contribution is -2.64. The second kappa shape index (κ2) is 5.85. The van der Waals surface area contributed by atoms with Crippen molar-refractivity contribution in [1.29, 1.82) is 0 Å². The van der Waals surface area contributed by atoms with E-state index >= 15 is 0 Å². The van der Waals surface area contributed by atoms with E-state index in [4.69, 9.17) is 0 Å². The molecule has 1 aliphatic carbocycles. The van der Waals surface area contributed by atoms with Crippen LogP contribution < -0.4 is 0 Å². The highest BCUT2D eigenvalue weighted by atomic mass is 19.1. The largest absolute Gasteiger partial charge is 0.508 e. The number of fused-ring (bicyclic) bond motifs is 5. The predicted octanol–water partition coefficient (Wildman–Crippen LogP) is 4.77. The van der Waals surface area contributed by atoms with E-state index in [1.54, 1.807) is 18.3 Å². The molecular weight excluding hydrogens is 367 g/mol. The lowest BCUT2D eigenvalue weighted by Gasteiger charge is -2.60. The number of nitrogens with one attached hydrogen (secondary N) is 1. The number of aromatic amines is 1. The van der Waals surface area contributed by atoms with Crippen LogP contribution in [-0.2, 0) is 11.8 Å². The molecule has 0 saturated carbocycles. The van der Waals surface area contributed by atoms with Gasteiger partial charge in [0.2, 0.25) is 0 Å². The van der Waals surface area contributed by atoms with E-state index in [1.807, 2.05) is 11.0 Å². The number of phenolic OH excluding ortho intramolecular Hbond substituents is 1. The van der Waals surface area contributed by atoms with Crippen molar-refractivity contribution in [2.75, 3.05) is 6.54 Å². The molecule has 29 heavy (non-hydrogen) atoms. The molecule has 5 heteroatoms. The van der Waals surface area contributed by atoms with Gasteiger partial charge in [-0.25, -0.2) is 4.39 Å². The number of hydrogen-bond donors (Lipinski definition) is 2. The highest BCUT2D eigenvalue weighted by Gasteiger charge is 2.57. The third-order valence-corrected chi connectivity index (χ3v) is 7.76. The third-order valence-electron chi connectivity index (χ3n) is 7.76. The maximum atomic E-state index is 13.8. The molecule has 0 spiro atoms. The molecule has 1 aromatic heterocycles. The summed E-state index contributed by atoms with van der Waals surface area (Å²) in [7, 11) is 0. The fourth-order valence-corrected chi connectivity index (χ4v) is 5.59. The molecule has 1 aliphatic heterocycles. The van der Waals surface area contributed by atoms with Crippen LogP contribution in [0.2, 0.25) is 0 Å². The quantitative estimate of drug-likeness (QED) is 0.627. The molecule has 2 N–H and O–H groups in total. The van der Waals surface area contributed by atoms with Crippen LogP contribution in [-0.4, -0.2) is 33.5 Å². The topological polar surface area (TPSA) is 56.3 Å². The van der Waals surface area contributed by atoms with Gasteiger partial charge in [-0.1, -0.05) is 32.9 Å². The molecule has 1 amide bonds. The van der Waals surface area contributed by atoms with Crippen LogP contribution in [0.1, 0.15) is 48.7 Å². The molecular formula is C24H25FN2O2. The van der Waals surface area contributed by atoms with E-state index in [1.165, 1.54) is 17.7 Å². The summed E-state index contributed by atoms with van der Waals surface area (Å²) in [6.45, 7) is 7.33. The second-order valence-corrected chi connectivity index (χ2v) is 9.22. The third kappa shape index (κ3) is 2.33. The monoisotopic (exact) mass is 392 g/mol. The Bertz CT molecular complexity index is 1150. The van der Waals surface area contributed by atoms with Crippen LogP contribution in [0.15, 0.2) is 42.6 Å². The number of aromatic hydroxyl groups is 1. The lowest BCUT2D eigenvalue weighted by molar-refractivity contribution is -0.0265. The minimum Gasteiger partial charge on any atom is -0.508 e. The Morgan fingerprint density at radius 3 is 2.83 bits per heavy atom. The molecule has 3 aromatic rings. The minimum absolute atomic E-state index is 0.0481. The number of halogens is 1. The van der Waals surface area contributed by atoms with Gasteiger partial charge in [-0.05, 0) is 53.6 Å². The van der Waals surface area contributed by atoms with Crippen molar-refractivity contribution in [3.63, 3.8) is 0 Å². The first-order valence-electron chi connectivity index (χ1n) is 10.1. The van der Waals surface area contributed by atoms with Crippen molar-refractivity contribution in [2.45, 2.75) is 45.1 Å². The molecule has 1 saturated heterocycles. The van der Waals surface area contributed by atoms with Gasteiger partial charge in [0.15, 0.2) is 0 Å². The van der Waals surface area contributed by atoms with E-state index in [2.05, 4.69) is 31.8 Å². The van der Waals surface area contributed by atoms with Crippen molar-refractivity contribution < 1.29 is 14.3 Å². The number of piperidine rings is 1. The Morgan fingerprint density at radius 2 is 2.03 bits per heavy atom. The first kappa shape index (κ1) is 18.2. The molecule has 5 rings (SSSR count). The van der Waals surface area contributed by atoms with Crippen LogP contribution in [0.25, 0.3) is 10.9 Å². The van der Waals surface area contributed by atoms with Gasteiger partial charge in [-0.15, -0.1) is 0 Å². The van der Waals surface area contributed by atoms with Crippen LogP contribution >= 0.6 is 0 Å². The van der Waals surface area contributed by atoms with Crippen molar-refractivity contribution in [2.24, 2.45) is 5.41 Å². The SMILES string of the molecule is CC12CCN(C(=O)c3c[nH]c4ccc(F)cc34)[C@H](Cc3c(O)cccc31)C2(C)C. The lowest BCUT2D eigenvalue weighted by atomic mass is 9.51. The zero-order chi connectivity index (χ0) is 20.6. The van der Waals surface area contributed by atoms with Crippen LogP contribution in [0.4, 0.5) is 4.39 Å². The van der Waals surface area contributed by atoms with Gasteiger partial charge in [0.1, 0.15) is 11.6 Å². The number of aromatic nitrogens is 1. The van der Waals surface area contributed by atoms with E-state index in [-0.39, 0.29) is 28.6 Å². The van der Waals surface area contributed by atoms with Crippen molar-refractivity contribution in [3.8, 4) is 5.75 Å². The normalized spacial score (nSPS) is 25.1. The van der Waals surface area contributed by atoms with E-state index < -0.39 is 0 Å². The summed E-state index contributed by atoms with van der Waals surface area (Å²) in [5.74, 6) is -0.132. The van der Waals surface area contributed by atoms with E-state index in [0.29, 0.717) is 29.7 Å². The summed E-state index contributed by atoms with van der Waals surface area (Å²) in [6, 6.07) is 10.2. The average Bonchev–Trinajstić information content (AvgIpc) is 3.08. The number of H-pyrrole nitrogens is 1. The molecule has 1 fully saturated rings. The molecule has 2 bridgehead atoms. The Morgan fingerprint density at radius 1 is 1.24 bits per heavy atom. The number of amides is 1. The maximum absolute atomic E-state index is 13.8. The van der Waals surface area contributed by atoms with Gasteiger partial charge in [0.05, 0.1) is 5.56 Å². The molecule has 150 valence electrons. The fraction of sp³-hybridized carbons (Fsp3) is 0.375. The van der Waals surface area contributed by atoms with Crippen LogP contribution in [0, 0.1) is 11.2 Å². The number of benzene rings is 2. The predicted molar refractivity (Wildman–Crippen MR) is 111 cm³/mol. The number of carbonyl (C=O) groups is 1. The zero-order valence-electron chi connectivity index (χ0n) is 16.9. The molecule has 2 aromatic carbocycles. The standard InChI is InChI=1S/C24H25FN2O2/c1-23(2)21-12-16-18(5-4-6-20(16)28)24(23,3)9-10-27(21)22(29)17-13-26-19-8-7-14(25)11-15(17)19/h4-8,11,13,21,26,28H,9-10,12H2,1-3H3/t21-,24?/m1/s1. The Kier molecular flexibility index (Phi) is 3.67. The maximum Gasteiger partial charge on any atom is 0.256 e.